The molecule has 4 aromatic rings. The molecule has 4 rings (SSSR count). The Morgan fingerprint density at radius 2 is 1.72 bits per heavy atom. The summed E-state index contributed by atoms with van der Waals surface area (Å²) >= 11 is 6.08. The average molecular weight is 403 g/mol. The van der Waals surface area contributed by atoms with Gasteiger partial charge >= 0.3 is 0 Å². The van der Waals surface area contributed by atoms with Gasteiger partial charge in [0.05, 0.1) is 0 Å². The van der Waals surface area contributed by atoms with Crippen molar-refractivity contribution in [2.75, 3.05) is 5.32 Å². The van der Waals surface area contributed by atoms with Gasteiger partial charge in [-0.2, -0.15) is 5.10 Å². The van der Waals surface area contributed by atoms with Crippen LogP contribution in [0, 0.1) is 0 Å². The molecule has 146 valence electrons. The summed E-state index contributed by atoms with van der Waals surface area (Å²) in [5.41, 5.74) is 7.54. The SMILES string of the molecule is CC(C)Nc1cccc(Cc2[nH]nc(-c3ccc(Cl)cc3)c2-c2ccncc2)c1. The number of rotatable bonds is 6. The minimum Gasteiger partial charge on any atom is -0.383 e. The van der Waals surface area contributed by atoms with Crippen LogP contribution in [0.25, 0.3) is 22.4 Å². The molecule has 29 heavy (non-hydrogen) atoms. The van der Waals surface area contributed by atoms with Gasteiger partial charge in [0.1, 0.15) is 5.69 Å². The van der Waals surface area contributed by atoms with Gasteiger partial charge in [0, 0.05) is 52.4 Å². The van der Waals surface area contributed by atoms with Gasteiger partial charge in [0.2, 0.25) is 0 Å². The van der Waals surface area contributed by atoms with E-state index in [9.17, 15) is 0 Å². The molecule has 2 aromatic carbocycles. The van der Waals surface area contributed by atoms with Gasteiger partial charge in [-0.05, 0) is 61.4 Å². The standard InChI is InChI=1S/C24H23ClN4/c1-16(2)27-21-5-3-4-17(14-21)15-22-23(18-10-12-26-13-11-18)24(29-28-22)19-6-8-20(25)9-7-19/h3-14,16,27H,15H2,1-2H3,(H,28,29). The molecule has 0 saturated carbocycles. The third kappa shape index (κ3) is 4.49. The van der Waals surface area contributed by atoms with Gasteiger partial charge in [0.25, 0.3) is 0 Å². The Morgan fingerprint density at radius 3 is 2.45 bits per heavy atom. The molecule has 0 aliphatic carbocycles. The van der Waals surface area contributed by atoms with Gasteiger partial charge in [-0.1, -0.05) is 35.9 Å². The van der Waals surface area contributed by atoms with Crippen LogP contribution in [0.2, 0.25) is 5.02 Å². The number of aromatic nitrogens is 3. The van der Waals surface area contributed by atoms with E-state index in [1.54, 1.807) is 0 Å². The van der Waals surface area contributed by atoms with Crippen molar-refractivity contribution in [3.8, 4) is 22.4 Å². The molecule has 0 aliphatic heterocycles. The van der Waals surface area contributed by atoms with Crippen molar-refractivity contribution in [2.45, 2.75) is 26.3 Å². The van der Waals surface area contributed by atoms with Crippen molar-refractivity contribution < 1.29 is 0 Å². The van der Waals surface area contributed by atoms with E-state index in [1.165, 1.54) is 5.56 Å². The van der Waals surface area contributed by atoms with Crippen LogP contribution in [0.3, 0.4) is 0 Å². The molecule has 0 bridgehead atoms. The van der Waals surface area contributed by atoms with Gasteiger partial charge in [-0.3, -0.25) is 10.1 Å². The smallest absolute Gasteiger partial charge is 0.100 e. The normalized spacial score (nSPS) is 11.0. The molecule has 0 spiro atoms. The first kappa shape index (κ1) is 19.2. The van der Waals surface area contributed by atoms with Crippen LogP contribution in [-0.2, 0) is 6.42 Å². The van der Waals surface area contributed by atoms with Crippen molar-refractivity contribution in [1.29, 1.82) is 0 Å². The Hall–Kier alpha value is -3.11. The third-order valence-corrected chi connectivity index (χ3v) is 4.94. The number of hydrogen-bond donors (Lipinski definition) is 2. The van der Waals surface area contributed by atoms with Crippen LogP contribution >= 0.6 is 11.6 Å². The van der Waals surface area contributed by atoms with E-state index < -0.39 is 0 Å². The number of anilines is 1. The fraction of sp³-hybridized carbons (Fsp3) is 0.167. The number of nitrogens with one attached hydrogen (secondary N) is 2. The molecular formula is C24H23ClN4. The highest BCUT2D eigenvalue weighted by atomic mass is 35.5. The molecule has 4 nitrogen and oxygen atoms in total. The van der Waals surface area contributed by atoms with Crippen LogP contribution in [0.15, 0.2) is 73.1 Å². The molecule has 0 radical (unpaired) electrons. The van der Waals surface area contributed by atoms with E-state index in [0.717, 1.165) is 40.2 Å². The summed E-state index contributed by atoms with van der Waals surface area (Å²) in [6.45, 7) is 4.28. The van der Waals surface area contributed by atoms with Gasteiger partial charge in [-0.25, -0.2) is 0 Å². The van der Waals surface area contributed by atoms with E-state index in [1.807, 2.05) is 48.8 Å². The van der Waals surface area contributed by atoms with Crippen molar-refractivity contribution in [3.63, 3.8) is 0 Å². The van der Waals surface area contributed by atoms with Crippen molar-refractivity contribution >= 4 is 17.3 Å². The summed E-state index contributed by atoms with van der Waals surface area (Å²) in [7, 11) is 0. The second kappa shape index (κ2) is 8.50. The zero-order valence-electron chi connectivity index (χ0n) is 16.5. The van der Waals surface area contributed by atoms with Crippen LogP contribution in [0.1, 0.15) is 25.1 Å². The number of hydrogen-bond acceptors (Lipinski definition) is 3. The number of benzene rings is 2. The number of H-pyrrole nitrogens is 1. The highest BCUT2D eigenvalue weighted by molar-refractivity contribution is 6.30. The van der Waals surface area contributed by atoms with Crippen LogP contribution in [0.4, 0.5) is 5.69 Å². The first-order chi connectivity index (χ1) is 14.1. The van der Waals surface area contributed by atoms with E-state index in [2.05, 4.69) is 58.6 Å². The van der Waals surface area contributed by atoms with Crippen LogP contribution in [0.5, 0.6) is 0 Å². The monoisotopic (exact) mass is 402 g/mol. The first-order valence-corrected chi connectivity index (χ1v) is 10.1. The van der Waals surface area contributed by atoms with Crippen LogP contribution in [-0.4, -0.2) is 21.2 Å². The molecular weight excluding hydrogens is 380 g/mol. The highest BCUT2D eigenvalue weighted by Crippen LogP contribution is 2.34. The Bertz CT molecular complexity index is 1090. The minimum atomic E-state index is 0.390. The molecule has 0 amide bonds. The number of halogens is 1. The summed E-state index contributed by atoms with van der Waals surface area (Å²) in [6.07, 6.45) is 4.38. The lowest BCUT2D eigenvalue weighted by Crippen LogP contribution is -2.09. The number of pyridine rings is 1. The predicted octanol–water partition coefficient (Wildman–Crippen LogP) is 6.20. The summed E-state index contributed by atoms with van der Waals surface area (Å²) in [6, 6.07) is 20.7. The lowest BCUT2D eigenvalue weighted by atomic mass is 9.96. The second-order valence-electron chi connectivity index (χ2n) is 7.34. The van der Waals surface area contributed by atoms with Gasteiger partial charge in [-0.15, -0.1) is 0 Å². The fourth-order valence-electron chi connectivity index (χ4n) is 3.46. The molecule has 0 atom stereocenters. The quantitative estimate of drug-likeness (QED) is 0.403. The molecule has 0 unspecified atom stereocenters. The summed E-state index contributed by atoms with van der Waals surface area (Å²) in [5, 5.41) is 12.1. The molecule has 2 heterocycles. The Labute approximate surface area is 176 Å². The van der Waals surface area contributed by atoms with Crippen LogP contribution < -0.4 is 5.32 Å². The summed E-state index contributed by atoms with van der Waals surface area (Å²) < 4.78 is 0. The van der Waals surface area contributed by atoms with E-state index in [0.29, 0.717) is 11.1 Å². The summed E-state index contributed by atoms with van der Waals surface area (Å²) in [4.78, 5) is 4.17. The van der Waals surface area contributed by atoms with E-state index in [-0.39, 0.29) is 0 Å². The molecule has 0 fully saturated rings. The zero-order valence-corrected chi connectivity index (χ0v) is 17.2. The second-order valence-corrected chi connectivity index (χ2v) is 7.78. The maximum atomic E-state index is 6.08. The fourth-order valence-corrected chi connectivity index (χ4v) is 3.59. The van der Waals surface area contributed by atoms with Crippen molar-refractivity contribution in [3.05, 3.63) is 89.3 Å². The van der Waals surface area contributed by atoms with Gasteiger partial charge < -0.3 is 5.32 Å². The minimum absolute atomic E-state index is 0.390. The largest absolute Gasteiger partial charge is 0.383 e. The molecule has 0 saturated heterocycles. The molecule has 2 aromatic heterocycles. The van der Waals surface area contributed by atoms with E-state index >= 15 is 0 Å². The Morgan fingerprint density at radius 1 is 0.966 bits per heavy atom. The van der Waals surface area contributed by atoms with Crippen molar-refractivity contribution in [2.24, 2.45) is 0 Å². The maximum Gasteiger partial charge on any atom is 0.100 e. The molecule has 5 heteroatoms. The summed E-state index contributed by atoms with van der Waals surface area (Å²) in [5.74, 6) is 0. The molecule has 0 aliphatic rings. The highest BCUT2D eigenvalue weighted by Gasteiger charge is 2.17. The van der Waals surface area contributed by atoms with E-state index in [4.69, 9.17) is 11.6 Å². The maximum absolute atomic E-state index is 6.08. The van der Waals surface area contributed by atoms with Gasteiger partial charge in [0.15, 0.2) is 0 Å². The molecule has 2 N–H and O–H groups in total. The Balaban J connectivity index is 1.75. The third-order valence-electron chi connectivity index (χ3n) is 4.69. The number of nitrogens with zero attached hydrogens (tertiary/aromatic N) is 2. The van der Waals surface area contributed by atoms with Crippen molar-refractivity contribution in [1.82, 2.24) is 15.2 Å². The lowest BCUT2D eigenvalue weighted by Gasteiger charge is -2.12. The zero-order chi connectivity index (χ0) is 20.2. The average Bonchev–Trinajstić information content (AvgIpc) is 3.12. The predicted molar refractivity (Wildman–Crippen MR) is 120 cm³/mol. The topological polar surface area (TPSA) is 53.6 Å². The Kier molecular flexibility index (Phi) is 5.63. The lowest BCUT2D eigenvalue weighted by molar-refractivity contribution is 0.898. The number of aromatic amines is 1. The first-order valence-electron chi connectivity index (χ1n) is 9.69.